The highest BCUT2D eigenvalue weighted by Gasteiger charge is 2.33. The molecule has 1 aromatic heterocycles. The van der Waals surface area contributed by atoms with Gasteiger partial charge in [-0.3, -0.25) is 4.79 Å². The molecule has 3 rings (SSSR count). The van der Waals surface area contributed by atoms with E-state index in [1.807, 2.05) is 24.3 Å². The molecule has 0 spiro atoms. The number of benzene rings is 1. The van der Waals surface area contributed by atoms with Gasteiger partial charge in [-0.05, 0) is 18.9 Å². The van der Waals surface area contributed by atoms with E-state index in [0.717, 1.165) is 35.9 Å². The Morgan fingerprint density at radius 1 is 1.32 bits per heavy atom. The smallest absolute Gasteiger partial charge is 0.308 e. The standard InChI is InChI=1S/C14H15N3O2/c18-14(19)10-5-3-7-11(10)16-13-8-15-17-12-6-2-1-4-9(12)13/h1-2,4,6,8,10-11H,3,5,7H2,(H,16,17)(H,18,19). The minimum atomic E-state index is -0.721. The van der Waals surface area contributed by atoms with Gasteiger partial charge in [-0.2, -0.15) is 10.2 Å². The highest BCUT2D eigenvalue weighted by molar-refractivity contribution is 5.90. The second kappa shape index (κ2) is 4.84. The summed E-state index contributed by atoms with van der Waals surface area (Å²) in [7, 11) is 0. The molecule has 2 unspecified atom stereocenters. The number of aliphatic carboxylic acids is 1. The van der Waals surface area contributed by atoms with Crippen molar-refractivity contribution in [1.29, 1.82) is 0 Å². The fraction of sp³-hybridized carbons (Fsp3) is 0.357. The maximum absolute atomic E-state index is 11.2. The highest BCUT2D eigenvalue weighted by Crippen LogP contribution is 2.30. The molecule has 0 bridgehead atoms. The number of hydrogen-bond donors (Lipinski definition) is 2. The van der Waals surface area contributed by atoms with Crippen LogP contribution in [0.3, 0.4) is 0 Å². The number of fused-ring (bicyclic) bond motifs is 1. The normalized spacial score (nSPS) is 22.5. The third-order valence-electron chi connectivity index (χ3n) is 3.72. The molecule has 2 N–H and O–H groups in total. The van der Waals surface area contributed by atoms with Crippen LogP contribution in [0.1, 0.15) is 19.3 Å². The van der Waals surface area contributed by atoms with Crippen molar-refractivity contribution < 1.29 is 9.90 Å². The second-order valence-electron chi connectivity index (χ2n) is 4.90. The van der Waals surface area contributed by atoms with Crippen LogP contribution in [0, 0.1) is 5.92 Å². The summed E-state index contributed by atoms with van der Waals surface area (Å²) in [4.78, 5) is 11.2. The number of carboxylic acids is 1. The van der Waals surface area contributed by atoms with Crippen LogP contribution in [0.4, 0.5) is 5.69 Å². The molecule has 2 atom stereocenters. The van der Waals surface area contributed by atoms with Gasteiger partial charge in [0.25, 0.3) is 0 Å². The van der Waals surface area contributed by atoms with Gasteiger partial charge in [-0.15, -0.1) is 0 Å². The van der Waals surface area contributed by atoms with Crippen LogP contribution in [-0.4, -0.2) is 27.3 Å². The summed E-state index contributed by atoms with van der Waals surface area (Å²) in [6.07, 6.45) is 4.24. The lowest BCUT2D eigenvalue weighted by molar-refractivity contribution is -0.141. The maximum atomic E-state index is 11.2. The first-order valence-electron chi connectivity index (χ1n) is 6.45. The molecular weight excluding hydrogens is 242 g/mol. The molecule has 0 aliphatic heterocycles. The number of hydrogen-bond acceptors (Lipinski definition) is 4. The van der Waals surface area contributed by atoms with E-state index in [1.54, 1.807) is 6.20 Å². The number of carbonyl (C=O) groups is 1. The molecule has 1 aliphatic rings. The predicted molar refractivity (Wildman–Crippen MR) is 71.9 cm³/mol. The van der Waals surface area contributed by atoms with Crippen LogP contribution in [-0.2, 0) is 4.79 Å². The number of carboxylic acid groups (broad SMARTS) is 1. The minimum Gasteiger partial charge on any atom is -0.481 e. The fourth-order valence-electron chi connectivity index (χ4n) is 2.75. The average Bonchev–Trinajstić information content (AvgIpc) is 2.87. The molecular formula is C14H15N3O2. The van der Waals surface area contributed by atoms with E-state index in [2.05, 4.69) is 15.5 Å². The molecule has 0 radical (unpaired) electrons. The van der Waals surface area contributed by atoms with Gasteiger partial charge in [0, 0.05) is 11.4 Å². The molecule has 19 heavy (non-hydrogen) atoms. The Morgan fingerprint density at radius 2 is 2.16 bits per heavy atom. The van der Waals surface area contributed by atoms with Crippen LogP contribution in [0.2, 0.25) is 0 Å². The number of anilines is 1. The zero-order valence-corrected chi connectivity index (χ0v) is 10.4. The molecule has 2 aromatic rings. The number of rotatable bonds is 3. The third kappa shape index (κ3) is 2.23. The Labute approximate surface area is 110 Å². The Hall–Kier alpha value is -2.17. The second-order valence-corrected chi connectivity index (χ2v) is 4.90. The summed E-state index contributed by atoms with van der Waals surface area (Å²) < 4.78 is 0. The van der Waals surface area contributed by atoms with E-state index >= 15 is 0 Å². The molecule has 1 heterocycles. The first-order valence-corrected chi connectivity index (χ1v) is 6.45. The molecule has 0 saturated heterocycles. The van der Waals surface area contributed by atoms with Crippen molar-refractivity contribution in [3.8, 4) is 0 Å². The molecule has 1 aliphatic carbocycles. The number of nitrogens with zero attached hydrogens (tertiary/aromatic N) is 2. The van der Waals surface area contributed by atoms with E-state index < -0.39 is 5.97 Å². The minimum absolute atomic E-state index is 0.0230. The number of nitrogens with one attached hydrogen (secondary N) is 1. The van der Waals surface area contributed by atoms with Gasteiger partial charge in [-0.1, -0.05) is 24.6 Å². The summed E-state index contributed by atoms with van der Waals surface area (Å²) in [6, 6.07) is 7.70. The van der Waals surface area contributed by atoms with Gasteiger partial charge >= 0.3 is 5.97 Å². The van der Waals surface area contributed by atoms with E-state index in [-0.39, 0.29) is 12.0 Å². The zero-order chi connectivity index (χ0) is 13.2. The molecule has 1 aromatic carbocycles. The monoisotopic (exact) mass is 257 g/mol. The summed E-state index contributed by atoms with van der Waals surface area (Å²) in [5.41, 5.74) is 1.68. The quantitative estimate of drug-likeness (QED) is 0.882. The number of aromatic nitrogens is 2. The van der Waals surface area contributed by atoms with Gasteiger partial charge in [-0.25, -0.2) is 0 Å². The largest absolute Gasteiger partial charge is 0.481 e. The van der Waals surface area contributed by atoms with Crippen molar-refractivity contribution in [1.82, 2.24) is 10.2 Å². The van der Waals surface area contributed by atoms with Crippen LogP contribution < -0.4 is 5.32 Å². The van der Waals surface area contributed by atoms with Crippen molar-refractivity contribution in [2.45, 2.75) is 25.3 Å². The van der Waals surface area contributed by atoms with Crippen LogP contribution in [0.5, 0.6) is 0 Å². The molecule has 1 saturated carbocycles. The lowest BCUT2D eigenvalue weighted by atomic mass is 10.0. The molecule has 5 heteroatoms. The fourth-order valence-corrected chi connectivity index (χ4v) is 2.75. The predicted octanol–water partition coefficient (Wildman–Crippen LogP) is 2.29. The third-order valence-corrected chi connectivity index (χ3v) is 3.72. The molecule has 5 nitrogen and oxygen atoms in total. The summed E-state index contributed by atoms with van der Waals surface area (Å²) >= 11 is 0. The van der Waals surface area contributed by atoms with Gasteiger partial charge in [0.1, 0.15) is 0 Å². The lowest BCUT2D eigenvalue weighted by Gasteiger charge is -2.19. The summed E-state index contributed by atoms with van der Waals surface area (Å²) in [5.74, 6) is -1.03. The molecule has 1 fully saturated rings. The van der Waals surface area contributed by atoms with Crippen LogP contribution >= 0.6 is 0 Å². The van der Waals surface area contributed by atoms with E-state index in [1.165, 1.54) is 0 Å². The lowest BCUT2D eigenvalue weighted by Crippen LogP contribution is -2.29. The van der Waals surface area contributed by atoms with Crippen LogP contribution in [0.25, 0.3) is 10.9 Å². The van der Waals surface area contributed by atoms with Crippen molar-refractivity contribution in [2.75, 3.05) is 5.32 Å². The molecule has 0 amide bonds. The van der Waals surface area contributed by atoms with Crippen molar-refractivity contribution in [3.63, 3.8) is 0 Å². The zero-order valence-electron chi connectivity index (χ0n) is 10.4. The topological polar surface area (TPSA) is 75.1 Å². The Kier molecular flexibility index (Phi) is 3.03. The first kappa shape index (κ1) is 11.9. The van der Waals surface area contributed by atoms with Crippen molar-refractivity contribution in [2.24, 2.45) is 5.92 Å². The van der Waals surface area contributed by atoms with E-state index in [0.29, 0.717) is 0 Å². The summed E-state index contributed by atoms with van der Waals surface area (Å²) in [6.45, 7) is 0. The van der Waals surface area contributed by atoms with Gasteiger partial charge in [0.05, 0.1) is 23.3 Å². The van der Waals surface area contributed by atoms with E-state index in [4.69, 9.17) is 0 Å². The van der Waals surface area contributed by atoms with Gasteiger partial charge in [0.15, 0.2) is 0 Å². The summed E-state index contributed by atoms with van der Waals surface area (Å²) in [5, 5.41) is 21.5. The van der Waals surface area contributed by atoms with Crippen LogP contribution in [0.15, 0.2) is 30.5 Å². The Balaban J connectivity index is 1.91. The Morgan fingerprint density at radius 3 is 3.00 bits per heavy atom. The highest BCUT2D eigenvalue weighted by atomic mass is 16.4. The van der Waals surface area contributed by atoms with E-state index in [9.17, 15) is 9.90 Å². The van der Waals surface area contributed by atoms with Crippen molar-refractivity contribution >= 4 is 22.6 Å². The Bertz CT molecular complexity index is 609. The van der Waals surface area contributed by atoms with Crippen molar-refractivity contribution in [3.05, 3.63) is 30.5 Å². The average molecular weight is 257 g/mol. The maximum Gasteiger partial charge on any atom is 0.308 e. The van der Waals surface area contributed by atoms with Gasteiger partial charge in [0.2, 0.25) is 0 Å². The first-order chi connectivity index (χ1) is 9.25. The van der Waals surface area contributed by atoms with Gasteiger partial charge < -0.3 is 10.4 Å². The molecule has 98 valence electrons. The SMILES string of the molecule is O=C(O)C1CCCC1Nc1cnnc2ccccc12.